The summed E-state index contributed by atoms with van der Waals surface area (Å²) < 4.78 is 0. The van der Waals surface area contributed by atoms with E-state index in [1.807, 2.05) is 12.1 Å². The van der Waals surface area contributed by atoms with Crippen LogP contribution in [0.25, 0.3) is 6.08 Å². The van der Waals surface area contributed by atoms with Crippen LogP contribution < -0.4 is 0 Å². The second-order valence-electron chi connectivity index (χ2n) is 4.46. The Balaban J connectivity index is 2.09. The van der Waals surface area contributed by atoms with Gasteiger partial charge in [-0.1, -0.05) is 36.4 Å². The quantitative estimate of drug-likeness (QED) is 0.672. The Bertz CT molecular complexity index is 707. The molecule has 2 aromatic rings. The van der Waals surface area contributed by atoms with E-state index in [-0.39, 0.29) is 11.3 Å². The second kappa shape index (κ2) is 6.47. The molecule has 0 spiro atoms. The van der Waals surface area contributed by atoms with Crippen LogP contribution in [-0.4, -0.2) is 16.0 Å². The molecule has 0 fully saturated rings. The van der Waals surface area contributed by atoms with E-state index in [9.17, 15) is 14.9 Å². The van der Waals surface area contributed by atoms with Crippen molar-refractivity contribution in [3.05, 3.63) is 81.4 Å². The van der Waals surface area contributed by atoms with E-state index in [0.29, 0.717) is 6.42 Å². The van der Waals surface area contributed by atoms with Crippen molar-refractivity contribution in [1.82, 2.24) is 0 Å². The number of carboxylic acid groups (broad SMARTS) is 1. The Morgan fingerprint density at radius 3 is 2.67 bits per heavy atom. The number of rotatable bonds is 5. The number of hydrogen-bond acceptors (Lipinski definition) is 3. The topological polar surface area (TPSA) is 80.4 Å². The lowest BCUT2D eigenvalue weighted by Gasteiger charge is -1.98. The summed E-state index contributed by atoms with van der Waals surface area (Å²) in [6.45, 7) is 0. The maximum atomic E-state index is 10.9. The van der Waals surface area contributed by atoms with E-state index in [1.165, 1.54) is 18.2 Å². The van der Waals surface area contributed by atoms with Gasteiger partial charge in [0.05, 0.1) is 10.5 Å². The zero-order chi connectivity index (χ0) is 15.2. The first-order valence-electron chi connectivity index (χ1n) is 6.29. The van der Waals surface area contributed by atoms with Gasteiger partial charge >= 0.3 is 5.97 Å². The molecule has 0 bridgehead atoms. The predicted molar refractivity (Wildman–Crippen MR) is 79.2 cm³/mol. The number of nitro benzene ring substituents is 1. The van der Waals surface area contributed by atoms with Gasteiger partial charge in [-0.15, -0.1) is 0 Å². The summed E-state index contributed by atoms with van der Waals surface area (Å²) in [6, 6.07) is 13.0. The normalized spacial score (nSPS) is 10.7. The molecule has 0 heterocycles. The minimum Gasteiger partial charge on any atom is -0.478 e. The maximum absolute atomic E-state index is 10.9. The molecule has 2 aromatic carbocycles. The van der Waals surface area contributed by atoms with Crippen LogP contribution in [-0.2, 0) is 6.42 Å². The Labute approximate surface area is 121 Å². The number of nitro groups is 1. The fraction of sp³-hybridized carbons (Fsp3) is 0.0625. The molecule has 0 aliphatic heterocycles. The predicted octanol–water partition coefficient (Wildman–Crippen LogP) is 3.55. The van der Waals surface area contributed by atoms with Gasteiger partial charge in [-0.25, -0.2) is 4.79 Å². The van der Waals surface area contributed by atoms with Gasteiger partial charge in [0.15, 0.2) is 0 Å². The lowest BCUT2D eigenvalue weighted by Crippen LogP contribution is -1.95. The second-order valence-corrected chi connectivity index (χ2v) is 4.46. The van der Waals surface area contributed by atoms with Crippen molar-refractivity contribution in [2.45, 2.75) is 6.42 Å². The van der Waals surface area contributed by atoms with Crippen LogP contribution in [0.2, 0.25) is 0 Å². The van der Waals surface area contributed by atoms with Crippen LogP contribution in [0.1, 0.15) is 21.5 Å². The molecule has 5 nitrogen and oxygen atoms in total. The standard InChI is InChI=1S/C16H13NO4/c18-16(19)14-8-2-6-12(10-14)4-1-5-13-7-3-9-15(11-13)17(20)21/h1-4,6-11H,5H2,(H,18,19). The molecular formula is C16H13NO4. The van der Waals surface area contributed by atoms with Gasteiger partial charge < -0.3 is 5.11 Å². The van der Waals surface area contributed by atoms with Crippen molar-refractivity contribution in [2.75, 3.05) is 0 Å². The van der Waals surface area contributed by atoms with Crippen molar-refractivity contribution in [3.8, 4) is 0 Å². The first kappa shape index (κ1) is 14.5. The Kier molecular flexibility index (Phi) is 4.46. The lowest BCUT2D eigenvalue weighted by molar-refractivity contribution is -0.384. The molecule has 0 saturated heterocycles. The third kappa shape index (κ3) is 4.01. The van der Waals surface area contributed by atoms with E-state index in [4.69, 9.17) is 5.11 Å². The monoisotopic (exact) mass is 283 g/mol. The third-order valence-corrected chi connectivity index (χ3v) is 2.92. The van der Waals surface area contributed by atoms with Crippen LogP contribution >= 0.6 is 0 Å². The highest BCUT2D eigenvalue weighted by atomic mass is 16.6. The van der Waals surface area contributed by atoms with Gasteiger partial charge in [-0.05, 0) is 29.7 Å². The highest BCUT2D eigenvalue weighted by molar-refractivity contribution is 5.88. The van der Waals surface area contributed by atoms with Gasteiger partial charge in [-0.2, -0.15) is 0 Å². The van der Waals surface area contributed by atoms with Crippen molar-refractivity contribution in [3.63, 3.8) is 0 Å². The van der Waals surface area contributed by atoms with Crippen LogP contribution in [0.4, 0.5) is 5.69 Å². The summed E-state index contributed by atoms with van der Waals surface area (Å²) in [6.07, 6.45) is 4.18. The molecule has 0 saturated carbocycles. The number of carbonyl (C=O) groups is 1. The molecule has 2 rings (SSSR count). The highest BCUT2D eigenvalue weighted by Gasteiger charge is 2.04. The van der Waals surface area contributed by atoms with E-state index in [2.05, 4.69) is 0 Å². The fourth-order valence-electron chi connectivity index (χ4n) is 1.90. The molecule has 0 aliphatic rings. The first-order valence-corrected chi connectivity index (χ1v) is 6.29. The molecule has 0 radical (unpaired) electrons. The third-order valence-electron chi connectivity index (χ3n) is 2.92. The average Bonchev–Trinajstić information content (AvgIpc) is 2.48. The van der Waals surface area contributed by atoms with E-state index >= 15 is 0 Å². The SMILES string of the molecule is O=C(O)c1cccc(C=CCc2cccc([N+](=O)[O-])c2)c1. The van der Waals surface area contributed by atoms with E-state index in [1.54, 1.807) is 30.3 Å². The molecule has 21 heavy (non-hydrogen) atoms. The number of allylic oxidation sites excluding steroid dienone is 1. The van der Waals surface area contributed by atoms with Crippen molar-refractivity contribution >= 4 is 17.7 Å². The van der Waals surface area contributed by atoms with Crippen LogP contribution in [0.5, 0.6) is 0 Å². The van der Waals surface area contributed by atoms with Crippen LogP contribution in [0.3, 0.4) is 0 Å². The van der Waals surface area contributed by atoms with Gasteiger partial charge in [0.2, 0.25) is 0 Å². The van der Waals surface area contributed by atoms with Gasteiger partial charge in [0.25, 0.3) is 5.69 Å². The van der Waals surface area contributed by atoms with Crippen molar-refractivity contribution in [2.24, 2.45) is 0 Å². The van der Waals surface area contributed by atoms with Gasteiger partial charge in [-0.3, -0.25) is 10.1 Å². The molecule has 0 aromatic heterocycles. The molecule has 0 amide bonds. The van der Waals surface area contributed by atoms with Gasteiger partial charge in [0.1, 0.15) is 0 Å². The van der Waals surface area contributed by atoms with Crippen LogP contribution in [0.15, 0.2) is 54.6 Å². The summed E-state index contributed by atoms with van der Waals surface area (Å²) in [4.78, 5) is 21.1. The van der Waals surface area contributed by atoms with E-state index in [0.717, 1.165) is 11.1 Å². The summed E-state index contributed by atoms with van der Waals surface area (Å²) in [5.74, 6) is -0.969. The van der Waals surface area contributed by atoms with Crippen molar-refractivity contribution in [1.29, 1.82) is 0 Å². The van der Waals surface area contributed by atoms with Crippen LogP contribution in [0, 0.1) is 10.1 Å². The summed E-state index contributed by atoms with van der Waals surface area (Å²) in [7, 11) is 0. The minimum atomic E-state index is -0.969. The fourth-order valence-corrected chi connectivity index (χ4v) is 1.90. The number of aromatic carboxylic acids is 1. The minimum absolute atomic E-state index is 0.0637. The zero-order valence-electron chi connectivity index (χ0n) is 11.1. The molecule has 0 aliphatic carbocycles. The maximum Gasteiger partial charge on any atom is 0.335 e. The smallest absolute Gasteiger partial charge is 0.335 e. The Hall–Kier alpha value is -2.95. The van der Waals surface area contributed by atoms with Gasteiger partial charge in [0, 0.05) is 12.1 Å². The summed E-state index contributed by atoms with van der Waals surface area (Å²) >= 11 is 0. The molecule has 5 heteroatoms. The number of nitrogens with zero attached hydrogens (tertiary/aromatic N) is 1. The Morgan fingerprint density at radius 1 is 1.19 bits per heavy atom. The number of carboxylic acids is 1. The molecule has 1 N–H and O–H groups in total. The lowest BCUT2D eigenvalue weighted by atomic mass is 10.1. The summed E-state index contributed by atoms with van der Waals surface area (Å²) in [5, 5.41) is 19.6. The molecular weight excluding hydrogens is 270 g/mol. The number of non-ortho nitro benzene ring substituents is 1. The molecule has 0 atom stereocenters. The molecule has 106 valence electrons. The Morgan fingerprint density at radius 2 is 1.95 bits per heavy atom. The average molecular weight is 283 g/mol. The largest absolute Gasteiger partial charge is 0.478 e. The molecule has 0 unspecified atom stereocenters. The number of benzene rings is 2. The summed E-state index contributed by atoms with van der Waals surface area (Å²) in [5.41, 5.74) is 1.90. The number of hydrogen-bond donors (Lipinski definition) is 1. The first-order chi connectivity index (χ1) is 10.1. The zero-order valence-corrected chi connectivity index (χ0v) is 11.1. The highest BCUT2D eigenvalue weighted by Crippen LogP contribution is 2.14. The van der Waals surface area contributed by atoms with Crippen molar-refractivity contribution < 1.29 is 14.8 Å². The van der Waals surface area contributed by atoms with E-state index < -0.39 is 10.9 Å².